The SMILES string of the molecule is CCOCCOC(=O)C(CC)n1cc(C=O)c2ccccc21. The lowest BCUT2D eigenvalue weighted by Gasteiger charge is -2.17. The molecule has 5 nitrogen and oxygen atoms in total. The summed E-state index contributed by atoms with van der Waals surface area (Å²) in [6.07, 6.45) is 3.12. The molecule has 0 aliphatic heterocycles. The second-order valence-electron chi connectivity index (χ2n) is 4.92. The predicted molar refractivity (Wildman–Crippen MR) is 84.1 cm³/mol. The number of para-hydroxylation sites is 1. The Bertz CT molecular complexity index is 647. The monoisotopic (exact) mass is 303 g/mol. The first-order chi connectivity index (χ1) is 10.7. The molecule has 0 saturated carbocycles. The summed E-state index contributed by atoms with van der Waals surface area (Å²) in [5, 5.41) is 0.845. The molecule has 1 aromatic carbocycles. The van der Waals surface area contributed by atoms with Crippen molar-refractivity contribution in [2.75, 3.05) is 19.8 Å². The third-order valence-corrected chi connectivity index (χ3v) is 3.57. The second kappa shape index (κ2) is 7.75. The lowest BCUT2D eigenvalue weighted by Crippen LogP contribution is -2.22. The van der Waals surface area contributed by atoms with E-state index in [0.717, 1.165) is 17.2 Å². The molecule has 0 bridgehead atoms. The summed E-state index contributed by atoms with van der Waals surface area (Å²) in [5.74, 6) is -0.305. The molecule has 1 heterocycles. The molecule has 0 aliphatic rings. The van der Waals surface area contributed by atoms with Gasteiger partial charge in [-0.15, -0.1) is 0 Å². The number of aldehydes is 1. The van der Waals surface area contributed by atoms with Gasteiger partial charge in [0, 0.05) is 29.3 Å². The van der Waals surface area contributed by atoms with Gasteiger partial charge in [0.25, 0.3) is 0 Å². The number of esters is 1. The highest BCUT2D eigenvalue weighted by Crippen LogP contribution is 2.26. The van der Waals surface area contributed by atoms with Crippen molar-refractivity contribution in [1.82, 2.24) is 4.57 Å². The fourth-order valence-electron chi connectivity index (χ4n) is 2.50. The van der Waals surface area contributed by atoms with E-state index in [1.165, 1.54) is 0 Å². The summed E-state index contributed by atoms with van der Waals surface area (Å²) in [6.45, 7) is 5.04. The second-order valence-corrected chi connectivity index (χ2v) is 4.92. The van der Waals surface area contributed by atoms with E-state index in [1.54, 1.807) is 6.20 Å². The Morgan fingerprint density at radius 3 is 2.73 bits per heavy atom. The third-order valence-electron chi connectivity index (χ3n) is 3.57. The number of hydrogen-bond acceptors (Lipinski definition) is 4. The van der Waals surface area contributed by atoms with Crippen molar-refractivity contribution >= 4 is 23.2 Å². The first-order valence-corrected chi connectivity index (χ1v) is 7.52. The lowest BCUT2D eigenvalue weighted by molar-refractivity contribution is -0.149. The van der Waals surface area contributed by atoms with E-state index in [2.05, 4.69) is 0 Å². The van der Waals surface area contributed by atoms with Crippen LogP contribution in [0.1, 0.15) is 36.7 Å². The van der Waals surface area contributed by atoms with Gasteiger partial charge in [0.2, 0.25) is 0 Å². The van der Waals surface area contributed by atoms with Crippen LogP contribution in [0.5, 0.6) is 0 Å². The van der Waals surface area contributed by atoms with E-state index < -0.39 is 6.04 Å². The predicted octanol–water partition coefficient (Wildman–Crippen LogP) is 2.98. The molecule has 22 heavy (non-hydrogen) atoms. The van der Waals surface area contributed by atoms with Crippen LogP contribution in [-0.2, 0) is 14.3 Å². The Labute approximate surface area is 129 Å². The number of ether oxygens (including phenoxy) is 2. The van der Waals surface area contributed by atoms with E-state index in [0.29, 0.717) is 25.2 Å². The molecule has 1 aromatic heterocycles. The molecule has 0 amide bonds. The minimum absolute atomic E-state index is 0.239. The van der Waals surface area contributed by atoms with Crippen LogP contribution in [0.15, 0.2) is 30.5 Å². The van der Waals surface area contributed by atoms with Gasteiger partial charge in [0.15, 0.2) is 6.29 Å². The Hall–Kier alpha value is -2.14. The Kier molecular flexibility index (Phi) is 5.72. The van der Waals surface area contributed by atoms with Crippen LogP contribution in [0.4, 0.5) is 0 Å². The zero-order valence-electron chi connectivity index (χ0n) is 13.0. The summed E-state index contributed by atoms with van der Waals surface area (Å²) in [5.41, 5.74) is 1.44. The zero-order valence-corrected chi connectivity index (χ0v) is 13.0. The summed E-state index contributed by atoms with van der Waals surface area (Å²) in [6, 6.07) is 7.10. The molecule has 0 spiro atoms. The molecular weight excluding hydrogens is 282 g/mol. The Morgan fingerprint density at radius 2 is 2.05 bits per heavy atom. The normalized spacial score (nSPS) is 12.3. The molecule has 0 aliphatic carbocycles. The van der Waals surface area contributed by atoms with Gasteiger partial charge >= 0.3 is 5.97 Å². The lowest BCUT2D eigenvalue weighted by atomic mass is 10.2. The quantitative estimate of drug-likeness (QED) is 0.427. The number of rotatable bonds is 8. The molecule has 0 saturated heterocycles. The molecule has 0 radical (unpaired) electrons. The fourth-order valence-corrected chi connectivity index (χ4v) is 2.50. The number of fused-ring (bicyclic) bond motifs is 1. The maximum Gasteiger partial charge on any atom is 0.329 e. The van der Waals surface area contributed by atoms with Crippen molar-refractivity contribution in [3.63, 3.8) is 0 Å². The average molecular weight is 303 g/mol. The molecule has 2 aromatic rings. The van der Waals surface area contributed by atoms with Gasteiger partial charge in [0.05, 0.1) is 6.61 Å². The van der Waals surface area contributed by atoms with E-state index in [-0.39, 0.29) is 12.6 Å². The standard InChI is InChI=1S/C17H21NO4/c1-3-15(17(20)22-10-9-21-4-2)18-11-13(12-19)14-7-5-6-8-16(14)18/h5-8,11-12,15H,3-4,9-10H2,1-2H3. The minimum atomic E-state index is -0.444. The van der Waals surface area contributed by atoms with Gasteiger partial charge in [0.1, 0.15) is 12.6 Å². The number of nitrogens with zero attached hydrogens (tertiary/aromatic N) is 1. The van der Waals surface area contributed by atoms with Gasteiger partial charge in [-0.3, -0.25) is 4.79 Å². The van der Waals surface area contributed by atoms with Gasteiger partial charge in [-0.05, 0) is 19.4 Å². The molecule has 5 heteroatoms. The van der Waals surface area contributed by atoms with Crippen LogP contribution in [-0.4, -0.2) is 36.6 Å². The van der Waals surface area contributed by atoms with E-state index >= 15 is 0 Å². The number of benzene rings is 1. The van der Waals surface area contributed by atoms with Crippen molar-refractivity contribution in [1.29, 1.82) is 0 Å². The Balaban J connectivity index is 2.24. The van der Waals surface area contributed by atoms with Crippen molar-refractivity contribution in [3.05, 3.63) is 36.0 Å². The molecule has 2 rings (SSSR count). The Morgan fingerprint density at radius 1 is 1.27 bits per heavy atom. The first-order valence-electron chi connectivity index (χ1n) is 7.52. The molecule has 1 atom stereocenters. The van der Waals surface area contributed by atoms with Crippen molar-refractivity contribution in [3.8, 4) is 0 Å². The maximum absolute atomic E-state index is 12.3. The summed E-state index contributed by atoms with van der Waals surface area (Å²) >= 11 is 0. The van der Waals surface area contributed by atoms with Gasteiger partial charge < -0.3 is 14.0 Å². The van der Waals surface area contributed by atoms with E-state index in [4.69, 9.17) is 9.47 Å². The topological polar surface area (TPSA) is 57.5 Å². The van der Waals surface area contributed by atoms with Crippen LogP contribution in [0, 0.1) is 0 Å². The van der Waals surface area contributed by atoms with Crippen LogP contribution in [0.2, 0.25) is 0 Å². The van der Waals surface area contributed by atoms with Crippen molar-refractivity contribution in [2.45, 2.75) is 26.3 Å². The largest absolute Gasteiger partial charge is 0.462 e. The highest BCUT2D eigenvalue weighted by atomic mass is 16.6. The summed E-state index contributed by atoms with van der Waals surface area (Å²) < 4.78 is 12.3. The van der Waals surface area contributed by atoms with E-state index in [1.807, 2.05) is 42.7 Å². The molecular formula is C17H21NO4. The molecule has 118 valence electrons. The van der Waals surface area contributed by atoms with Crippen molar-refractivity contribution < 1.29 is 19.1 Å². The van der Waals surface area contributed by atoms with Gasteiger partial charge in [-0.2, -0.15) is 0 Å². The molecule has 0 fully saturated rings. The van der Waals surface area contributed by atoms with Gasteiger partial charge in [-0.25, -0.2) is 4.79 Å². The van der Waals surface area contributed by atoms with Gasteiger partial charge in [-0.1, -0.05) is 25.1 Å². The first kappa shape index (κ1) is 16.2. The zero-order chi connectivity index (χ0) is 15.9. The molecule has 1 unspecified atom stereocenters. The van der Waals surface area contributed by atoms with Crippen LogP contribution < -0.4 is 0 Å². The highest BCUT2D eigenvalue weighted by molar-refractivity contribution is 5.98. The fraction of sp³-hybridized carbons (Fsp3) is 0.412. The van der Waals surface area contributed by atoms with Crippen LogP contribution in [0.3, 0.4) is 0 Å². The maximum atomic E-state index is 12.3. The molecule has 0 N–H and O–H groups in total. The number of hydrogen-bond donors (Lipinski definition) is 0. The third kappa shape index (κ3) is 3.36. The summed E-state index contributed by atoms with van der Waals surface area (Å²) in [4.78, 5) is 23.5. The number of carbonyl (C=O) groups excluding carboxylic acids is 2. The average Bonchev–Trinajstić information content (AvgIpc) is 2.91. The van der Waals surface area contributed by atoms with Crippen LogP contribution in [0.25, 0.3) is 10.9 Å². The highest BCUT2D eigenvalue weighted by Gasteiger charge is 2.22. The smallest absolute Gasteiger partial charge is 0.329 e. The summed E-state index contributed by atoms with van der Waals surface area (Å²) in [7, 11) is 0. The van der Waals surface area contributed by atoms with E-state index in [9.17, 15) is 9.59 Å². The minimum Gasteiger partial charge on any atom is -0.462 e. The number of carbonyl (C=O) groups is 2. The van der Waals surface area contributed by atoms with Crippen LogP contribution >= 0.6 is 0 Å². The van der Waals surface area contributed by atoms with Crippen molar-refractivity contribution in [2.24, 2.45) is 0 Å². The number of aromatic nitrogens is 1.